The number of nitrogens with two attached hydrogens (primary N) is 1. The van der Waals surface area contributed by atoms with Crippen LogP contribution in [0.1, 0.15) is 11.1 Å². The number of nitrogens with one attached hydrogen (secondary N) is 1. The molecule has 1 amide bonds. The molecular formula is C17H20N2O3. The van der Waals surface area contributed by atoms with E-state index in [0.29, 0.717) is 22.9 Å². The zero-order valence-corrected chi connectivity index (χ0v) is 13.0. The van der Waals surface area contributed by atoms with Gasteiger partial charge in [0.25, 0.3) is 5.91 Å². The molecule has 2 rings (SSSR count). The third-order valence-corrected chi connectivity index (χ3v) is 3.06. The maximum atomic E-state index is 12.0. The Balaban J connectivity index is 2.00. The van der Waals surface area contributed by atoms with Gasteiger partial charge in [0.05, 0.1) is 12.8 Å². The molecule has 0 heterocycles. The van der Waals surface area contributed by atoms with E-state index in [2.05, 4.69) is 5.32 Å². The molecule has 0 unspecified atom stereocenters. The van der Waals surface area contributed by atoms with Crippen LogP contribution in [0.2, 0.25) is 0 Å². The van der Waals surface area contributed by atoms with Crippen LogP contribution in [0.15, 0.2) is 36.4 Å². The first-order valence-corrected chi connectivity index (χ1v) is 6.92. The molecule has 0 spiro atoms. The molecule has 22 heavy (non-hydrogen) atoms. The van der Waals surface area contributed by atoms with Crippen molar-refractivity contribution in [2.75, 3.05) is 24.8 Å². The smallest absolute Gasteiger partial charge is 0.262 e. The Labute approximate surface area is 130 Å². The highest BCUT2D eigenvalue weighted by Gasteiger charge is 2.09. The standard InChI is InChI=1S/C17H20N2O3/c1-11-6-12(2)8-14(7-11)22-10-17(20)19-15-9-13(18)4-5-16(15)21-3/h4-9H,10,18H2,1-3H3,(H,19,20). The van der Waals surface area contributed by atoms with Crippen molar-refractivity contribution in [3.8, 4) is 11.5 Å². The summed E-state index contributed by atoms with van der Waals surface area (Å²) in [4.78, 5) is 12.0. The van der Waals surface area contributed by atoms with Gasteiger partial charge in [-0.05, 0) is 55.3 Å². The summed E-state index contributed by atoms with van der Waals surface area (Å²) in [6, 6.07) is 10.9. The predicted octanol–water partition coefficient (Wildman–Crippen LogP) is 2.91. The third kappa shape index (κ3) is 4.15. The van der Waals surface area contributed by atoms with Crippen molar-refractivity contribution in [3.05, 3.63) is 47.5 Å². The number of aryl methyl sites for hydroxylation is 2. The summed E-state index contributed by atoms with van der Waals surface area (Å²) in [5.74, 6) is 0.948. The second kappa shape index (κ2) is 6.85. The SMILES string of the molecule is COc1ccc(N)cc1NC(=O)COc1cc(C)cc(C)c1. The van der Waals surface area contributed by atoms with Crippen molar-refractivity contribution >= 4 is 17.3 Å². The van der Waals surface area contributed by atoms with Crippen LogP contribution in [0.25, 0.3) is 0 Å². The van der Waals surface area contributed by atoms with E-state index in [1.54, 1.807) is 18.2 Å². The lowest BCUT2D eigenvalue weighted by Crippen LogP contribution is -2.20. The molecule has 0 aromatic heterocycles. The number of nitrogen functional groups attached to an aromatic ring is 1. The van der Waals surface area contributed by atoms with Crippen LogP contribution in [0.5, 0.6) is 11.5 Å². The van der Waals surface area contributed by atoms with E-state index >= 15 is 0 Å². The molecule has 0 bridgehead atoms. The van der Waals surface area contributed by atoms with Gasteiger partial charge >= 0.3 is 0 Å². The van der Waals surface area contributed by atoms with Crippen molar-refractivity contribution in [2.45, 2.75) is 13.8 Å². The highest BCUT2D eigenvalue weighted by molar-refractivity contribution is 5.93. The van der Waals surface area contributed by atoms with Gasteiger partial charge in [-0.15, -0.1) is 0 Å². The van der Waals surface area contributed by atoms with Crippen molar-refractivity contribution in [1.82, 2.24) is 0 Å². The van der Waals surface area contributed by atoms with Crippen molar-refractivity contribution in [1.29, 1.82) is 0 Å². The van der Waals surface area contributed by atoms with E-state index in [9.17, 15) is 4.79 Å². The van der Waals surface area contributed by atoms with E-state index in [4.69, 9.17) is 15.2 Å². The fourth-order valence-corrected chi connectivity index (χ4v) is 2.17. The number of hydrogen-bond donors (Lipinski definition) is 2. The molecule has 0 fully saturated rings. The largest absolute Gasteiger partial charge is 0.495 e. The number of rotatable bonds is 5. The first-order valence-electron chi connectivity index (χ1n) is 6.92. The molecule has 2 aromatic rings. The van der Waals surface area contributed by atoms with Gasteiger partial charge in [-0.1, -0.05) is 6.07 Å². The van der Waals surface area contributed by atoms with Crippen LogP contribution in [-0.2, 0) is 4.79 Å². The van der Waals surface area contributed by atoms with Crippen molar-refractivity contribution in [3.63, 3.8) is 0 Å². The van der Waals surface area contributed by atoms with Crippen LogP contribution >= 0.6 is 0 Å². The molecule has 0 aliphatic carbocycles. The van der Waals surface area contributed by atoms with E-state index in [0.717, 1.165) is 11.1 Å². The van der Waals surface area contributed by atoms with E-state index in [1.807, 2.05) is 32.0 Å². The van der Waals surface area contributed by atoms with Gasteiger partial charge < -0.3 is 20.5 Å². The maximum absolute atomic E-state index is 12.0. The fraction of sp³-hybridized carbons (Fsp3) is 0.235. The lowest BCUT2D eigenvalue weighted by Gasteiger charge is -2.12. The van der Waals surface area contributed by atoms with Crippen LogP contribution in [-0.4, -0.2) is 19.6 Å². The number of benzene rings is 2. The Morgan fingerprint density at radius 1 is 1.14 bits per heavy atom. The third-order valence-electron chi connectivity index (χ3n) is 3.06. The van der Waals surface area contributed by atoms with Crippen LogP contribution in [0.4, 0.5) is 11.4 Å². The molecule has 2 aromatic carbocycles. The first kappa shape index (κ1) is 15.7. The molecule has 0 atom stereocenters. The summed E-state index contributed by atoms with van der Waals surface area (Å²) in [5.41, 5.74) is 8.97. The quantitative estimate of drug-likeness (QED) is 0.833. The molecule has 0 saturated carbocycles. The molecule has 5 heteroatoms. The highest BCUT2D eigenvalue weighted by atomic mass is 16.5. The highest BCUT2D eigenvalue weighted by Crippen LogP contribution is 2.26. The molecule has 0 radical (unpaired) electrons. The van der Waals surface area contributed by atoms with Crippen LogP contribution < -0.4 is 20.5 Å². The summed E-state index contributed by atoms with van der Waals surface area (Å²) in [7, 11) is 1.53. The summed E-state index contributed by atoms with van der Waals surface area (Å²) >= 11 is 0. The number of hydrogen-bond acceptors (Lipinski definition) is 4. The number of carbonyl (C=O) groups excluding carboxylic acids is 1. The van der Waals surface area contributed by atoms with Crippen LogP contribution in [0.3, 0.4) is 0 Å². The Bertz CT molecular complexity index is 663. The van der Waals surface area contributed by atoms with E-state index in [1.165, 1.54) is 7.11 Å². The Morgan fingerprint density at radius 2 is 1.82 bits per heavy atom. The predicted molar refractivity (Wildman–Crippen MR) is 87.4 cm³/mol. The normalized spacial score (nSPS) is 10.1. The van der Waals surface area contributed by atoms with Gasteiger partial charge in [0.2, 0.25) is 0 Å². The van der Waals surface area contributed by atoms with Crippen molar-refractivity contribution in [2.24, 2.45) is 0 Å². The van der Waals surface area contributed by atoms with Crippen molar-refractivity contribution < 1.29 is 14.3 Å². The zero-order chi connectivity index (χ0) is 16.1. The van der Waals surface area contributed by atoms with Gasteiger partial charge in [-0.3, -0.25) is 4.79 Å². The molecular weight excluding hydrogens is 280 g/mol. The molecule has 0 aliphatic rings. The maximum Gasteiger partial charge on any atom is 0.262 e. The average molecular weight is 300 g/mol. The number of methoxy groups -OCH3 is 1. The van der Waals surface area contributed by atoms with Gasteiger partial charge in [0.1, 0.15) is 11.5 Å². The first-order chi connectivity index (χ1) is 10.5. The number of amides is 1. The number of ether oxygens (including phenoxy) is 2. The zero-order valence-electron chi connectivity index (χ0n) is 13.0. The lowest BCUT2D eigenvalue weighted by molar-refractivity contribution is -0.118. The second-order valence-electron chi connectivity index (χ2n) is 5.12. The molecule has 0 aliphatic heterocycles. The Kier molecular flexibility index (Phi) is 4.88. The van der Waals surface area contributed by atoms with E-state index in [-0.39, 0.29) is 12.5 Å². The minimum atomic E-state index is -0.275. The molecule has 3 N–H and O–H groups in total. The Hall–Kier alpha value is -2.69. The summed E-state index contributed by atoms with van der Waals surface area (Å²) in [6.07, 6.45) is 0. The van der Waals surface area contributed by atoms with E-state index < -0.39 is 0 Å². The summed E-state index contributed by atoms with van der Waals surface area (Å²) in [5, 5.41) is 2.73. The summed E-state index contributed by atoms with van der Waals surface area (Å²) in [6.45, 7) is 3.88. The van der Waals surface area contributed by atoms with Gasteiger partial charge in [-0.25, -0.2) is 0 Å². The molecule has 5 nitrogen and oxygen atoms in total. The second-order valence-corrected chi connectivity index (χ2v) is 5.12. The number of carbonyl (C=O) groups is 1. The van der Waals surface area contributed by atoms with Crippen LogP contribution in [0, 0.1) is 13.8 Å². The fourth-order valence-electron chi connectivity index (χ4n) is 2.17. The average Bonchev–Trinajstić information content (AvgIpc) is 2.44. The molecule has 0 saturated heterocycles. The minimum absolute atomic E-state index is 0.0825. The number of anilines is 2. The van der Waals surface area contributed by atoms with Gasteiger partial charge in [0.15, 0.2) is 6.61 Å². The Morgan fingerprint density at radius 3 is 2.45 bits per heavy atom. The van der Waals surface area contributed by atoms with Gasteiger partial charge in [-0.2, -0.15) is 0 Å². The molecule has 116 valence electrons. The minimum Gasteiger partial charge on any atom is -0.495 e. The lowest BCUT2D eigenvalue weighted by atomic mass is 10.1. The van der Waals surface area contributed by atoms with Gasteiger partial charge in [0, 0.05) is 5.69 Å². The summed E-state index contributed by atoms with van der Waals surface area (Å²) < 4.78 is 10.7. The monoisotopic (exact) mass is 300 g/mol. The topological polar surface area (TPSA) is 73.6 Å².